The molecule has 6 nitrogen and oxygen atoms in total. The predicted molar refractivity (Wildman–Crippen MR) is 64.1 cm³/mol. The number of nitrogens with zero attached hydrogens (tertiary/aromatic N) is 1. The average molecular weight is 251 g/mol. The zero-order valence-corrected chi connectivity index (χ0v) is 10.5. The summed E-state index contributed by atoms with van der Waals surface area (Å²) >= 11 is 0. The molecule has 1 fully saturated rings. The number of H-pyrrole nitrogens is 1. The molecule has 6 heteroatoms. The molecule has 1 aliphatic carbocycles. The Balaban J connectivity index is 1.88. The Labute approximate surface area is 105 Å². The molecule has 0 aromatic carbocycles. The van der Waals surface area contributed by atoms with E-state index in [2.05, 4.69) is 15.5 Å². The summed E-state index contributed by atoms with van der Waals surface area (Å²) < 4.78 is 0. The molecule has 1 saturated carbocycles. The number of carbonyl (C=O) groups excluding carboxylic acids is 1. The van der Waals surface area contributed by atoms with Crippen LogP contribution in [-0.4, -0.2) is 33.7 Å². The lowest BCUT2D eigenvalue weighted by Crippen LogP contribution is -2.35. The van der Waals surface area contributed by atoms with Gasteiger partial charge in [0.1, 0.15) is 0 Å². The van der Waals surface area contributed by atoms with Gasteiger partial charge in [-0.3, -0.25) is 14.7 Å². The van der Waals surface area contributed by atoms with Crippen molar-refractivity contribution in [2.45, 2.75) is 33.1 Å². The van der Waals surface area contributed by atoms with Gasteiger partial charge in [-0.2, -0.15) is 5.10 Å². The molecular weight excluding hydrogens is 234 g/mol. The maximum Gasteiger partial charge on any atom is 0.311 e. The Morgan fingerprint density at radius 3 is 2.56 bits per heavy atom. The van der Waals surface area contributed by atoms with Crippen LogP contribution in [0.1, 0.15) is 29.8 Å². The molecule has 0 aliphatic heterocycles. The van der Waals surface area contributed by atoms with E-state index >= 15 is 0 Å². The number of aromatic nitrogens is 2. The highest BCUT2D eigenvalue weighted by Gasteiger charge is 2.50. The largest absolute Gasteiger partial charge is 0.481 e. The number of aliphatic carboxylic acids is 1. The lowest BCUT2D eigenvalue weighted by atomic mass is 10.1. The summed E-state index contributed by atoms with van der Waals surface area (Å²) in [6.45, 7) is 3.92. The molecule has 0 spiro atoms. The molecule has 2 rings (SSSR count). The smallest absolute Gasteiger partial charge is 0.311 e. The molecule has 0 atom stereocenters. The van der Waals surface area contributed by atoms with Crippen LogP contribution >= 0.6 is 0 Å². The van der Waals surface area contributed by atoms with Crippen LogP contribution < -0.4 is 5.32 Å². The van der Waals surface area contributed by atoms with E-state index in [-0.39, 0.29) is 18.9 Å². The molecular formula is C12H17N3O3. The highest BCUT2D eigenvalue weighted by molar-refractivity contribution is 5.82. The van der Waals surface area contributed by atoms with Gasteiger partial charge in [0.05, 0.1) is 17.5 Å². The first-order chi connectivity index (χ1) is 8.44. The van der Waals surface area contributed by atoms with Crippen molar-refractivity contribution in [2.24, 2.45) is 5.41 Å². The number of aryl methyl sites for hydroxylation is 2. The zero-order valence-electron chi connectivity index (χ0n) is 10.5. The number of hydrogen-bond acceptors (Lipinski definition) is 3. The van der Waals surface area contributed by atoms with E-state index in [4.69, 9.17) is 5.11 Å². The molecule has 0 saturated heterocycles. The number of carboxylic acids is 1. The van der Waals surface area contributed by atoms with E-state index in [0.29, 0.717) is 12.8 Å². The fourth-order valence-corrected chi connectivity index (χ4v) is 1.94. The Hall–Kier alpha value is -1.85. The Kier molecular flexibility index (Phi) is 3.11. The number of hydrogen-bond donors (Lipinski definition) is 3. The highest BCUT2D eigenvalue weighted by atomic mass is 16.4. The van der Waals surface area contributed by atoms with Crippen molar-refractivity contribution in [3.8, 4) is 0 Å². The number of carboxylic acid groups (broad SMARTS) is 1. The van der Waals surface area contributed by atoms with E-state index in [1.807, 2.05) is 13.8 Å². The number of nitrogens with one attached hydrogen (secondary N) is 2. The Morgan fingerprint density at radius 2 is 2.11 bits per heavy atom. The first-order valence-corrected chi connectivity index (χ1v) is 5.95. The minimum atomic E-state index is -0.821. The lowest BCUT2D eigenvalue weighted by molar-refractivity contribution is -0.143. The monoisotopic (exact) mass is 251 g/mol. The van der Waals surface area contributed by atoms with Crippen molar-refractivity contribution in [3.63, 3.8) is 0 Å². The molecule has 3 N–H and O–H groups in total. The van der Waals surface area contributed by atoms with E-state index in [9.17, 15) is 9.59 Å². The predicted octanol–water partition coefficient (Wildman–Crippen LogP) is 0.550. The Morgan fingerprint density at radius 1 is 1.44 bits per heavy atom. The van der Waals surface area contributed by atoms with Crippen LogP contribution in [0.4, 0.5) is 0 Å². The van der Waals surface area contributed by atoms with Gasteiger partial charge in [0.15, 0.2) is 0 Å². The summed E-state index contributed by atoms with van der Waals surface area (Å²) in [6.07, 6.45) is 1.53. The number of rotatable bonds is 5. The van der Waals surface area contributed by atoms with Gasteiger partial charge in [-0.25, -0.2) is 0 Å². The zero-order chi connectivity index (χ0) is 13.3. The molecule has 0 bridgehead atoms. The topological polar surface area (TPSA) is 95.1 Å². The van der Waals surface area contributed by atoms with E-state index in [1.165, 1.54) is 0 Å². The quantitative estimate of drug-likeness (QED) is 0.712. The summed E-state index contributed by atoms with van der Waals surface area (Å²) in [6, 6.07) is 0. The maximum atomic E-state index is 11.8. The minimum absolute atomic E-state index is 0.157. The second kappa shape index (κ2) is 4.44. The van der Waals surface area contributed by atoms with Gasteiger partial charge in [-0.05, 0) is 26.7 Å². The Bertz CT molecular complexity index is 469. The fraction of sp³-hybridized carbons (Fsp3) is 0.583. The summed E-state index contributed by atoms with van der Waals surface area (Å²) in [4.78, 5) is 22.7. The molecule has 1 aliphatic rings. The normalized spacial score (nSPS) is 16.3. The van der Waals surface area contributed by atoms with Gasteiger partial charge in [-0.15, -0.1) is 0 Å². The van der Waals surface area contributed by atoms with Crippen molar-refractivity contribution in [1.29, 1.82) is 0 Å². The summed E-state index contributed by atoms with van der Waals surface area (Å²) in [7, 11) is 0. The molecule has 1 heterocycles. The molecule has 0 unspecified atom stereocenters. The van der Waals surface area contributed by atoms with Crippen LogP contribution in [0.15, 0.2) is 0 Å². The van der Waals surface area contributed by atoms with Crippen LogP contribution in [0.25, 0.3) is 0 Å². The minimum Gasteiger partial charge on any atom is -0.481 e. The van der Waals surface area contributed by atoms with Gasteiger partial charge in [-0.1, -0.05) is 0 Å². The molecule has 0 radical (unpaired) electrons. The van der Waals surface area contributed by atoms with Crippen molar-refractivity contribution in [1.82, 2.24) is 15.5 Å². The van der Waals surface area contributed by atoms with E-state index in [1.54, 1.807) is 0 Å². The first-order valence-electron chi connectivity index (χ1n) is 5.95. The maximum absolute atomic E-state index is 11.8. The summed E-state index contributed by atoms with van der Waals surface area (Å²) in [5.41, 5.74) is 1.85. The van der Waals surface area contributed by atoms with E-state index < -0.39 is 11.4 Å². The number of aromatic amines is 1. The van der Waals surface area contributed by atoms with Crippen LogP contribution in [-0.2, 0) is 16.0 Å². The van der Waals surface area contributed by atoms with Crippen LogP contribution in [0.3, 0.4) is 0 Å². The van der Waals surface area contributed by atoms with Gasteiger partial charge in [0.25, 0.3) is 0 Å². The SMILES string of the molecule is Cc1n[nH]c(C)c1CC(=O)NCC1(C(=O)O)CC1. The average Bonchev–Trinajstić information content (AvgIpc) is 3.05. The van der Waals surface area contributed by atoms with Crippen molar-refractivity contribution in [3.05, 3.63) is 17.0 Å². The standard InChI is InChI=1S/C12H17N3O3/c1-7-9(8(2)15-14-7)5-10(16)13-6-12(3-4-12)11(17)18/h3-6H2,1-2H3,(H,13,16)(H,14,15)(H,17,18). The third-order valence-electron chi connectivity index (χ3n) is 3.55. The lowest BCUT2D eigenvalue weighted by Gasteiger charge is -2.11. The molecule has 98 valence electrons. The second-order valence-corrected chi connectivity index (χ2v) is 4.95. The first kappa shape index (κ1) is 12.6. The van der Waals surface area contributed by atoms with Gasteiger partial charge < -0.3 is 10.4 Å². The fourth-order valence-electron chi connectivity index (χ4n) is 1.94. The van der Waals surface area contributed by atoms with Crippen LogP contribution in [0.5, 0.6) is 0 Å². The molecule has 1 aromatic rings. The van der Waals surface area contributed by atoms with Crippen molar-refractivity contribution in [2.75, 3.05) is 6.54 Å². The molecule has 1 aromatic heterocycles. The third kappa shape index (κ3) is 2.37. The number of amides is 1. The number of carbonyl (C=O) groups is 2. The van der Waals surface area contributed by atoms with Crippen LogP contribution in [0.2, 0.25) is 0 Å². The summed E-state index contributed by atoms with van der Waals surface area (Å²) in [5.74, 6) is -0.978. The van der Waals surface area contributed by atoms with Crippen LogP contribution in [0, 0.1) is 19.3 Å². The molecule has 1 amide bonds. The third-order valence-corrected chi connectivity index (χ3v) is 3.55. The second-order valence-electron chi connectivity index (χ2n) is 4.95. The van der Waals surface area contributed by atoms with Gasteiger partial charge in [0, 0.05) is 17.8 Å². The van der Waals surface area contributed by atoms with Gasteiger partial charge in [0.2, 0.25) is 5.91 Å². The highest BCUT2D eigenvalue weighted by Crippen LogP contribution is 2.45. The van der Waals surface area contributed by atoms with E-state index in [0.717, 1.165) is 17.0 Å². The summed E-state index contributed by atoms with van der Waals surface area (Å²) in [5, 5.41) is 18.5. The van der Waals surface area contributed by atoms with Crippen molar-refractivity contribution >= 4 is 11.9 Å². The van der Waals surface area contributed by atoms with Gasteiger partial charge >= 0.3 is 5.97 Å². The van der Waals surface area contributed by atoms with Crippen molar-refractivity contribution < 1.29 is 14.7 Å². The molecule has 18 heavy (non-hydrogen) atoms.